The molecule has 2 heterocycles. The number of ether oxygens (including phenoxy) is 1. The molecule has 2 saturated heterocycles. The van der Waals surface area contributed by atoms with Crippen LogP contribution in [0.25, 0.3) is 0 Å². The number of methoxy groups -OCH3 is 1. The molecule has 2 fully saturated rings. The van der Waals surface area contributed by atoms with Crippen LogP contribution in [0.15, 0.2) is 24.3 Å². The molecule has 2 atom stereocenters. The second-order valence-electron chi connectivity index (χ2n) is 5.24. The first kappa shape index (κ1) is 12.3. The number of carbonyl (C=O) groups is 1. The van der Waals surface area contributed by atoms with Crippen molar-refractivity contribution in [1.29, 1.82) is 0 Å². The highest BCUT2D eigenvalue weighted by atomic mass is 16.5. The number of amides is 2. The fourth-order valence-electron chi connectivity index (χ4n) is 2.90. The maximum absolute atomic E-state index is 12.2. The molecule has 0 unspecified atom stereocenters. The summed E-state index contributed by atoms with van der Waals surface area (Å²) in [5.41, 5.74) is 0.806. The van der Waals surface area contributed by atoms with Gasteiger partial charge in [-0.05, 0) is 36.1 Å². The van der Waals surface area contributed by atoms with Crippen molar-refractivity contribution in [2.24, 2.45) is 11.8 Å². The van der Waals surface area contributed by atoms with E-state index < -0.39 is 0 Å². The van der Waals surface area contributed by atoms with Crippen LogP contribution in [0.5, 0.6) is 5.75 Å². The highest BCUT2D eigenvalue weighted by Crippen LogP contribution is 2.26. The summed E-state index contributed by atoms with van der Waals surface area (Å²) in [4.78, 5) is 14.1. The minimum Gasteiger partial charge on any atom is -0.497 e. The van der Waals surface area contributed by atoms with Crippen molar-refractivity contribution in [2.75, 3.05) is 38.6 Å². The lowest BCUT2D eigenvalue weighted by Crippen LogP contribution is -2.35. The largest absolute Gasteiger partial charge is 0.497 e. The van der Waals surface area contributed by atoms with Crippen molar-refractivity contribution >= 4 is 11.7 Å². The van der Waals surface area contributed by atoms with Crippen molar-refractivity contribution in [1.82, 2.24) is 10.2 Å². The summed E-state index contributed by atoms with van der Waals surface area (Å²) in [6.45, 7) is 3.80. The number of nitrogens with one attached hydrogen (secondary N) is 2. The first-order valence-electron chi connectivity index (χ1n) is 6.67. The predicted molar refractivity (Wildman–Crippen MR) is 73.4 cm³/mol. The molecule has 2 aliphatic rings. The van der Waals surface area contributed by atoms with E-state index in [1.807, 2.05) is 29.2 Å². The van der Waals surface area contributed by atoms with Crippen LogP contribution < -0.4 is 15.4 Å². The second-order valence-corrected chi connectivity index (χ2v) is 5.24. The van der Waals surface area contributed by atoms with E-state index in [0.717, 1.165) is 37.6 Å². The number of likely N-dealkylation sites (tertiary alicyclic amines) is 1. The van der Waals surface area contributed by atoms with Crippen LogP contribution in [0, 0.1) is 11.8 Å². The fraction of sp³-hybridized carbons (Fsp3) is 0.500. The number of hydrogen-bond acceptors (Lipinski definition) is 3. The number of nitrogens with zero attached hydrogens (tertiary/aromatic N) is 1. The molecule has 102 valence electrons. The van der Waals surface area contributed by atoms with Gasteiger partial charge in [-0.2, -0.15) is 0 Å². The molecular formula is C14H19N3O2. The molecule has 2 aliphatic heterocycles. The number of anilines is 1. The van der Waals surface area contributed by atoms with E-state index in [4.69, 9.17) is 4.74 Å². The first-order chi connectivity index (χ1) is 9.26. The van der Waals surface area contributed by atoms with Crippen LogP contribution in [0.4, 0.5) is 10.5 Å². The van der Waals surface area contributed by atoms with Gasteiger partial charge in [-0.3, -0.25) is 0 Å². The maximum Gasteiger partial charge on any atom is 0.321 e. The third-order valence-corrected chi connectivity index (χ3v) is 4.02. The molecule has 0 radical (unpaired) electrons. The van der Waals surface area contributed by atoms with Crippen molar-refractivity contribution in [3.8, 4) is 5.75 Å². The molecule has 0 saturated carbocycles. The van der Waals surface area contributed by atoms with Crippen LogP contribution in [0.3, 0.4) is 0 Å². The highest BCUT2D eigenvalue weighted by molar-refractivity contribution is 5.89. The fourth-order valence-corrected chi connectivity index (χ4v) is 2.90. The quantitative estimate of drug-likeness (QED) is 0.845. The van der Waals surface area contributed by atoms with Crippen LogP contribution in [0.1, 0.15) is 0 Å². The molecule has 0 aliphatic carbocycles. The minimum absolute atomic E-state index is 0.000401. The Kier molecular flexibility index (Phi) is 3.29. The lowest BCUT2D eigenvalue weighted by molar-refractivity contribution is 0.219. The van der Waals surface area contributed by atoms with E-state index >= 15 is 0 Å². The number of urea groups is 1. The Bertz CT molecular complexity index is 448. The van der Waals surface area contributed by atoms with Gasteiger partial charge < -0.3 is 20.3 Å². The standard InChI is InChI=1S/C14H19N3O2/c1-19-13-4-2-12(3-5-13)16-14(18)17-8-10-6-15-7-11(10)9-17/h2-5,10-11,15H,6-9H2,1H3,(H,16,18)/t10-,11+. The number of hydrogen-bond donors (Lipinski definition) is 2. The molecule has 5 heteroatoms. The molecule has 5 nitrogen and oxygen atoms in total. The topological polar surface area (TPSA) is 53.6 Å². The summed E-state index contributed by atoms with van der Waals surface area (Å²) < 4.78 is 5.09. The normalized spacial score (nSPS) is 25.2. The Morgan fingerprint density at radius 2 is 1.89 bits per heavy atom. The van der Waals surface area contributed by atoms with Gasteiger partial charge in [-0.25, -0.2) is 4.79 Å². The molecule has 0 aromatic heterocycles. The monoisotopic (exact) mass is 261 g/mol. The number of rotatable bonds is 2. The van der Waals surface area contributed by atoms with Gasteiger partial charge in [-0.15, -0.1) is 0 Å². The van der Waals surface area contributed by atoms with Gasteiger partial charge in [0.15, 0.2) is 0 Å². The lowest BCUT2D eigenvalue weighted by atomic mass is 10.0. The average Bonchev–Trinajstić information content (AvgIpc) is 3.00. The number of carbonyl (C=O) groups excluding carboxylic acids is 1. The Morgan fingerprint density at radius 3 is 2.47 bits per heavy atom. The molecule has 19 heavy (non-hydrogen) atoms. The van der Waals surface area contributed by atoms with Gasteiger partial charge in [0.05, 0.1) is 7.11 Å². The molecule has 1 aromatic carbocycles. The van der Waals surface area contributed by atoms with Crippen LogP contribution >= 0.6 is 0 Å². The summed E-state index contributed by atoms with van der Waals surface area (Å²) in [6.07, 6.45) is 0. The minimum atomic E-state index is -0.000401. The zero-order valence-electron chi connectivity index (χ0n) is 11.1. The van der Waals surface area contributed by atoms with E-state index in [-0.39, 0.29) is 6.03 Å². The van der Waals surface area contributed by atoms with E-state index in [9.17, 15) is 4.79 Å². The van der Waals surface area contributed by atoms with Crippen molar-refractivity contribution in [3.63, 3.8) is 0 Å². The Morgan fingerprint density at radius 1 is 1.26 bits per heavy atom. The number of fused-ring (bicyclic) bond motifs is 1. The predicted octanol–water partition coefficient (Wildman–Crippen LogP) is 1.38. The van der Waals surface area contributed by atoms with E-state index in [1.165, 1.54) is 0 Å². The summed E-state index contributed by atoms with van der Waals surface area (Å²) in [5, 5.41) is 6.31. The van der Waals surface area contributed by atoms with Gasteiger partial charge in [0.1, 0.15) is 5.75 Å². The maximum atomic E-state index is 12.2. The van der Waals surface area contributed by atoms with E-state index in [0.29, 0.717) is 11.8 Å². The van der Waals surface area contributed by atoms with Crippen LogP contribution in [-0.2, 0) is 0 Å². The molecule has 0 spiro atoms. The van der Waals surface area contributed by atoms with Crippen molar-refractivity contribution in [2.45, 2.75) is 0 Å². The lowest BCUT2D eigenvalue weighted by Gasteiger charge is -2.18. The highest BCUT2D eigenvalue weighted by Gasteiger charge is 2.37. The van der Waals surface area contributed by atoms with E-state index in [2.05, 4.69) is 10.6 Å². The molecular weight excluding hydrogens is 242 g/mol. The summed E-state index contributed by atoms with van der Waals surface area (Å²) in [6, 6.07) is 7.40. The molecule has 2 amide bonds. The van der Waals surface area contributed by atoms with Gasteiger partial charge in [0.2, 0.25) is 0 Å². The van der Waals surface area contributed by atoms with Gasteiger partial charge in [-0.1, -0.05) is 0 Å². The second kappa shape index (κ2) is 5.09. The summed E-state index contributed by atoms with van der Waals surface area (Å²) in [5.74, 6) is 2.04. The van der Waals surface area contributed by atoms with Crippen molar-refractivity contribution in [3.05, 3.63) is 24.3 Å². The molecule has 3 rings (SSSR count). The SMILES string of the molecule is COc1ccc(NC(=O)N2C[C@H]3CNC[C@H]3C2)cc1. The summed E-state index contributed by atoms with van der Waals surface area (Å²) >= 11 is 0. The molecule has 2 N–H and O–H groups in total. The van der Waals surface area contributed by atoms with Crippen molar-refractivity contribution < 1.29 is 9.53 Å². The Balaban J connectivity index is 1.59. The molecule has 0 bridgehead atoms. The first-order valence-corrected chi connectivity index (χ1v) is 6.67. The number of benzene rings is 1. The zero-order valence-corrected chi connectivity index (χ0v) is 11.1. The van der Waals surface area contributed by atoms with Gasteiger partial charge >= 0.3 is 6.03 Å². The third kappa shape index (κ3) is 2.51. The van der Waals surface area contributed by atoms with Crippen LogP contribution in [-0.4, -0.2) is 44.2 Å². The van der Waals surface area contributed by atoms with Crippen LogP contribution in [0.2, 0.25) is 0 Å². The Labute approximate surface area is 112 Å². The molecule has 1 aromatic rings. The average molecular weight is 261 g/mol. The third-order valence-electron chi connectivity index (χ3n) is 4.02. The van der Waals surface area contributed by atoms with Gasteiger partial charge in [0.25, 0.3) is 0 Å². The van der Waals surface area contributed by atoms with E-state index in [1.54, 1.807) is 7.11 Å². The zero-order chi connectivity index (χ0) is 13.2. The van der Waals surface area contributed by atoms with Gasteiger partial charge in [0, 0.05) is 31.9 Å². The smallest absolute Gasteiger partial charge is 0.321 e. The summed E-state index contributed by atoms with van der Waals surface area (Å²) in [7, 11) is 1.63. The Hall–Kier alpha value is -1.75.